The van der Waals surface area contributed by atoms with Gasteiger partial charge in [-0.15, -0.1) is 0 Å². The smallest absolute Gasteiger partial charge is 0.248 e. The Bertz CT molecular complexity index is 629. The quantitative estimate of drug-likeness (QED) is 0.781. The Labute approximate surface area is 134 Å². The van der Waals surface area contributed by atoms with Crippen LogP contribution >= 0.6 is 11.3 Å². The molecule has 2 atom stereocenters. The molecule has 3 heterocycles. The van der Waals surface area contributed by atoms with Crippen molar-refractivity contribution in [3.05, 3.63) is 22.4 Å². The van der Waals surface area contributed by atoms with E-state index in [0.717, 1.165) is 6.54 Å². The summed E-state index contributed by atoms with van der Waals surface area (Å²) in [5.74, 6) is 0.0797. The van der Waals surface area contributed by atoms with E-state index in [9.17, 15) is 13.2 Å². The fourth-order valence-electron chi connectivity index (χ4n) is 3.35. The summed E-state index contributed by atoms with van der Waals surface area (Å²) in [5.41, 5.74) is 1.20. The van der Waals surface area contributed by atoms with Crippen molar-refractivity contribution in [1.82, 2.24) is 9.80 Å². The summed E-state index contributed by atoms with van der Waals surface area (Å²) in [6, 6.07) is 1.70. The van der Waals surface area contributed by atoms with E-state index in [2.05, 4.69) is 16.3 Å². The fourth-order valence-corrected chi connectivity index (χ4v) is 6.03. The minimum atomic E-state index is -3.10. The zero-order valence-corrected chi connectivity index (χ0v) is 14.1. The number of carbonyl (C=O) groups excluding carboxylic acids is 1. The van der Waals surface area contributed by atoms with Crippen molar-refractivity contribution in [2.24, 2.45) is 0 Å². The average Bonchev–Trinajstić information content (AvgIpc) is 3.05. The maximum Gasteiger partial charge on any atom is 0.248 e. The first kappa shape index (κ1) is 15.9. The van der Waals surface area contributed by atoms with Crippen LogP contribution in [0.15, 0.2) is 16.8 Å². The van der Waals surface area contributed by atoms with Gasteiger partial charge >= 0.3 is 0 Å². The van der Waals surface area contributed by atoms with Crippen LogP contribution in [0.4, 0.5) is 0 Å². The molecule has 0 unspecified atom stereocenters. The third-order valence-corrected chi connectivity index (χ3v) is 6.78. The van der Waals surface area contributed by atoms with Crippen molar-refractivity contribution in [3.8, 4) is 0 Å². The molecule has 2 fully saturated rings. The number of carbonyl (C=O) groups is 1. The summed E-state index contributed by atoms with van der Waals surface area (Å²) >= 11 is 1.64. The molecule has 3 rings (SSSR count). The van der Waals surface area contributed by atoms with Gasteiger partial charge in [0, 0.05) is 32.8 Å². The van der Waals surface area contributed by atoms with Crippen molar-refractivity contribution in [1.29, 1.82) is 0 Å². The highest BCUT2D eigenvalue weighted by Crippen LogP contribution is 2.28. The first-order valence-electron chi connectivity index (χ1n) is 7.24. The van der Waals surface area contributed by atoms with E-state index in [1.54, 1.807) is 16.2 Å². The minimum absolute atomic E-state index is 0.00774. The maximum absolute atomic E-state index is 12.2. The third kappa shape index (κ3) is 3.19. The van der Waals surface area contributed by atoms with Gasteiger partial charge in [-0.2, -0.15) is 11.3 Å². The highest BCUT2D eigenvalue weighted by atomic mass is 32.2. The minimum Gasteiger partial charge on any atom is -0.375 e. The molecule has 0 spiro atoms. The van der Waals surface area contributed by atoms with E-state index >= 15 is 0 Å². The van der Waals surface area contributed by atoms with Crippen molar-refractivity contribution in [2.45, 2.75) is 18.6 Å². The second-order valence-electron chi connectivity index (χ2n) is 5.83. The van der Waals surface area contributed by atoms with Gasteiger partial charge in [-0.05, 0) is 22.4 Å². The third-order valence-electron chi connectivity index (χ3n) is 4.34. The van der Waals surface area contributed by atoms with Gasteiger partial charge in [0.05, 0.1) is 17.5 Å². The van der Waals surface area contributed by atoms with Gasteiger partial charge in [-0.3, -0.25) is 9.69 Å². The normalized spacial score (nSPS) is 27.8. The molecule has 0 aliphatic carbocycles. The second-order valence-corrected chi connectivity index (χ2v) is 8.77. The molecule has 8 heteroatoms. The van der Waals surface area contributed by atoms with Crippen LogP contribution in [0.5, 0.6) is 0 Å². The van der Waals surface area contributed by atoms with E-state index < -0.39 is 9.84 Å². The molecule has 0 saturated carbocycles. The van der Waals surface area contributed by atoms with Gasteiger partial charge in [0.25, 0.3) is 0 Å². The van der Waals surface area contributed by atoms with Gasteiger partial charge in [-0.25, -0.2) is 8.42 Å². The lowest BCUT2D eigenvalue weighted by atomic mass is 10.0. The number of sulfone groups is 1. The number of thiophene rings is 1. The van der Waals surface area contributed by atoms with Crippen LogP contribution < -0.4 is 0 Å². The predicted molar refractivity (Wildman–Crippen MR) is 84.5 cm³/mol. The molecule has 0 N–H and O–H groups in total. The van der Waals surface area contributed by atoms with E-state index in [0.29, 0.717) is 13.1 Å². The van der Waals surface area contributed by atoms with Gasteiger partial charge in [0.2, 0.25) is 5.91 Å². The number of nitrogens with zero attached hydrogens (tertiary/aromatic N) is 2. The topological polar surface area (TPSA) is 66.9 Å². The molecule has 1 aromatic rings. The van der Waals surface area contributed by atoms with Crippen LogP contribution in [0.2, 0.25) is 0 Å². The largest absolute Gasteiger partial charge is 0.375 e. The highest BCUT2D eigenvalue weighted by molar-refractivity contribution is 7.91. The molecule has 122 valence electrons. The molecule has 2 aliphatic heterocycles. The Balaban J connectivity index is 1.79. The van der Waals surface area contributed by atoms with Crippen molar-refractivity contribution >= 4 is 27.1 Å². The van der Waals surface area contributed by atoms with Gasteiger partial charge in [0.15, 0.2) is 9.84 Å². The Hall–Kier alpha value is -0.960. The van der Waals surface area contributed by atoms with Crippen LogP contribution in [0.3, 0.4) is 0 Å². The lowest BCUT2D eigenvalue weighted by Gasteiger charge is -2.43. The summed E-state index contributed by atoms with van der Waals surface area (Å²) in [6.07, 6.45) is 0. The predicted octanol–water partition coefficient (Wildman–Crippen LogP) is 0.204. The molecular formula is C14H20N2O4S2. The molecule has 0 aromatic carbocycles. The summed E-state index contributed by atoms with van der Waals surface area (Å²) in [4.78, 5) is 16.1. The second kappa shape index (κ2) is 6.27. The van der Waals surface area contributed by atoms with E-state index in [1.807, 2.05) is 5.38 Å². The molecule has 2 aliphatic rings. The molecule has 1 amide bonds. The number of ether oxygens (including phenoxy) is 1. The monoisotopic (exact) mass is 344 g/mol. The zero-order chi connectivity index (χ0) is 15.7. The van der Waals surface area contributed by atoms with Crippen molar-refractivity contribution in [2.75, 3.05) is 38.3 Å². The lowest BCUT2D eigenvalue weighted by Crippen LogP contribution is -2.60. The summed E-state index contributed by atoms with van der Waals surface area (Å²) < 4.78 is 29.1. The molecule has 0 radical (unpaired) electrons. The summed E-state index contributed by atoms with van der Waals surface area (Å²) in [5, 5.41) is 4.11. The zero-order valence-electron chi connectivity index (χ0n) is 12.5. The van der Waals surface area contributed by atoms with Crippen molar-refractivity contribution < 1.29 is 17.9 Å². The SMILES string of the molecule is COCC(=O)N1CCN(Cc2ccsc2)[C@H]2CS(=O)(=O)C[C@H]21. The number of hydrogen-bond donors (Lipinski definition) is 0. The number of fused-ring (bicyclic) bond motifs is 1. The summed E-state index contributed by atoms with van der Waals surface area (Å²) in [7, 11) is -1.62. The first-order chi connectivity index (χ1) is 10.5. The number of hydrogen-bond acceptors (Lipinski definition) is 6. The fraction of sp³-hybridized carbons (Fsp3) is 0.643. The number of methoxy groups -OCH3 is 1. The van der Waals surface area contributed by atoms with Crippen LogP contribution in [0, 0.1) is 0 Å². The van der Waals surface area contributed by atoms with Crippen LogP contribution in [-0.2, 0) is 25.9 Å². The number of rotatable bonds is 4. The van der Waals surface area contributed by atoms with Gasteiger partial charge < -0.3 is 9.64 Å². The van der Waals surface area contributed by atoms with Crippen molar-refractivity contribution in [3.63, 3.8) is 0 Å². The molecule has 2 saturated heterocycles. The number of amides is 1. The molecular weight excluding hydrogens is 324 g/mol. The molecule has 22 heavy (non-hydrogen) atoms. The van der Waals surface area contributed by atoms with Gasteiger partial charge in [-0.1, -0.05) is 0 Å². The molecule has 0 bridgehead atoms. The number of piperazine rings is 1. The van der Waals surface area contributed by atoms with Crippen LogP contribution in [0.1, 0.15) is 5.56 Å². The Morgan fingerprint density at radius 2 is 2.14 bits per heavy atom. The average molecular weight is 344 g/mol. The lowest BCUT2D eigenvalue weighted by molar-refractivity contribution is -0.141. The van der Waals surface area contributed by atoms with E-state index in [-0.39, 0.29) is 36.1 Å². The Morgan fingerprint density at radius 3 is 2.82 bits per heavy atom. The maximum atomic E-state index is 12.2. The van der Waals surface area contributed by atoms with E-state index in [1.165, 1.54) is 12.7 Å². The Morgan fingerprint density at radius 1 is 1.36 bits per heavy atom. The first-order valence-corrected chi connectivity index (χ1v) is 10.0. The van der Waals surface area contributed by atoms with Gasteiger partial charge in [0.1, 0.15) is 6.61 Å². The summed E-state index contributed by atoms with van der Waals surface area (Å²) in [6.45, 7) is 2.01. The van der Waals surface area contributed by atoms with Crippen LogP contribution in [0.25, 0.3) is 0 Å². The Kier molecular flexibility index (Phi) is 4.54. The van der Waals surface area contributed by atoms with Crippen LogP contribution in [-0.4, -0.2) is 74.5 Å². The molecule has 1 aromatic heterocycles. The highest BCUT2D eigenvalue weighted by Gasteiger charge is 2.47. The van der Waals surface area contributed by atoms with E-state index in [4.69, 9.17) is 4.74 Å². The molecule has 6 nitrogen and oxygen atoms in total. The standard InChI is InChI=1S/C14H20N2O4S2/c1-20-7-14(17)16-4-3-15(6-11-2-5-21-8-11)12-9-22(18,19)10-13(12)16/h2,5,8,12-13H,3-4,6-7,9-10H2,1H3/t12-,13+/m0/s1.